The zero-order valence-electron chi connectivity index (χ0n) is 12.2. The Labute approximate surface area is 123 Å². The number of furan rings is 1. The van der Waals surface area contributed by atoms with Crippen molar-refractivity contribution in [3.8, 4) is 0 Å². The molecule has 0 bridgehead atoms. The van der Waals surface area contributed by atoms with Crippen molar-refractivity contribution in [1.29, 1.82) is 0 Å². The average molecular weight is 279 g/mol. The Morgan fingerprint density at radius 1 is 1.10 bits per heavy atom. The van der Waals surface area contributed by atoms with E-state index in [-0.39, 0.29) is 5.91 Å². The van der Waals surface area contributed by atoms with E-state index in [0.29, 0.717) is 12.3 Å². The first-order valence-corrected chi connectivity index (χ1v) is 6.93. The maximum Gasteiger partial charge on any atom is 0.289 e. The van der Waals surface area contributed by atoms with Gasteiger partial charge in [-0.2, -0.15) is 0 Å². The van der Waals surface area contributed by atoms with E-state index >= 15 is 0 Å². The summed E-state index contributed by atoms with van der Waals surface area (Å²) in [6.07, 6.45) is 0. The summed E-state index contributed by atoms with van der Waals surface area (Å²) in [6, 6.07) is 17.7. The van der Waals surface area contributed by atoms with Crippen LogP contribution in [-0.4, -0.2) is 17.9 Å². The topological polar surface area (TPSA) is 33.5 Å². The highest BCUT2D eigenvalue weighted by molar-refractivity contribution is 5.96. The van der Waals surface area contributed by atoms with Crippen LogP contribution in [0.3, 0.4) is 0 Å². The van der Waals surface area contributed by atoms with Gasteiger partial charge in [-0.25, -0.2) is 0 Å². The van der Waals surface area contributed by atoms with Crippen molar-refractivity contribution < 1.29 is 9.21 Å². The molecule has 0 fully saturated rings. The van der Waals surface area contributed by atoms with E-state index in [1.54, 1.807) is 18.0 Å². The van der Waals surface area contributed by atoms with Gasteiger partial charge in [-0.1, -0.05) is 42.5 Å². The van der Waals surface area contributed by atoms with Crippen LogP contribution in [0.15, 0.2) is 59.0 Å². The molecule has 0 radical (unpaired) electrons. The highest BCUT2D eigenvalue weighted by atomic mass is 16.3. The molecule has 3 rings (SSSR count). The minimum Gasteiger partial charge on any atom is -0.451 e. The second-order valence-electron chi connectivity index (χ2n) is 5.30. The normalized spacial score (nSPS) is 10.8. The van der Waals surface area contributed by atoms with Crippen molar-refractivity contribution >= 4 is 16.9 Å². The molecule has 21 heavy (non-hydrogen) atoms. The molecule has 0 spiro atoms. The van der Waals surface area contributed by atoms with Crippen molar-refractivity contribution in [2.75, 3.05) is 7.05 Å². The summed E-state index contributed by atoms with van der Waals surface area (Å²) in [5.41, 5.74) is 2.97. The maximum atomic E-state index is 12.4. The number of hydrogen-bond acceptors (Lipinski definition) is 2. The number of amides is 1. The lowest BCUT2D eigenvalue weighted by Gasteiger charge is -2.15. The van der Waals surface area contributed by atoms with Gasteiger partial charge in [0.15, 0.2) is 5.76 Å². The summed E-state index contributed by atoms with van der Waals surface area (Å²) in [7, 11) is 1.79. The number of fused-ring (bicyclic) bond motifs is 1. The summed E-state index contributed by atoms with van der Waals surface area (Å²) in [5.74, 6) is 0.279. The zero-order valence-corrected chi connectivity index (χ0v) is 12.2. The minimum absolute atomic E-state index is 0.104. The number of benzene rings is 2. The lowest BCUT2D eigenvalue weighted by Crippen LogP contribution is -2.25. The van der Waals surface area contributed by atoms with E-state index in [1.807, 2.05) is 55.5 Å². The zero-order chi connectivity index (χ0) is 14.8. The molecule has 0 aliphatic carbocycles. The quantitative estimate of drug-likeness (QED) is 0.725. The fraction of sp³-hybridized carbons (Fsp3) is 0.167. The van der Waals surface area contributed by atoms with Gasteiger partial charge in [0.1, 0.15) is 5.58 Å². The number of carbonyl (C=O) groups is 1. The first-order chi connectivity index (χ1) is 10.1. The van der Waals surface area contributed by atoms with Gasteiger partial charge in [0, 0.05) is 19.0 Å². The molecule has 0 saturated heterocycles. The van der Waals surface area contributed by atoms with E-state index in [4.69, 9.17) is 4.42 Å². The van der Waals surface area contributed by atoms with Crippen LogP contribution in [0.1, 0.15) is 21.7 Å². The summed E-state index contributed by atoms with van der Waals surface area (Å²) in [4.78, 5) is 14.1. The molecule has 3 nitrogen and oxygen atoms in total. The maximum absolute atomic E-state index is 12.4. The second kappa shape index (κ2) is 5.44. The summed E-state index contributed by atoms with van der Waals surface area (Å²) in [6.45, 7) is 2.57. The molecule has 3 aromatic rings. The van der Waals surface area contributed by atoms with Crippen molar-refractivity contribution in [3.63, 3.8) is 0 Å². The van der Waals surface area contributed by atoms with Gasteiger partial charge in [0.05, 0.1) is 0 Å². The predicted octanol–water partition coefficient (Wildman–Crippen LogP) is 4.01. The van der Waals surface area contributed by atoms with Crippen LogP contribution in [0.25, 0.3) is 11.0 Å². The van der Waals surface area contributed by atoms with E-state index in [1.165, 1.54) is 0 Å². The minimum atomic E-state index is -0.104. The largest absolute Gasteiger partial charge is 0.451 e. The Balaban J connectivity index is 1.82. The molecule has 2 aromatic carbocycles. The fourth-order valence-electron chi connectivity index (χ4n) is 2.36. The number of rotatable bonds is 3. The molecule has 1 aromatic heterocycles. The molecule has 3 heteroatoms. The van der Waals surface area contributed by atoms with Gasteiger partial charge in [-0.15, -0.1) is 0 Å². The summed E-state index contributed by atoms with van der Waals surface area (Å²) < 4.78 is 5.68. The number of nitrogens with zero attached hydrogens (tertiary/aromatic N) is 1. The van der Waals surface area contributed by atoms with E-state index in [2.05, 4.69) is 0 Å². The molecule has 1 heterocycles. The van der Waals surface area contributed by atoms with Gasteiger partial charge in [-0.05, 0) is 30.2 Å². The Bertz CT molecular complexity index is 774. The fourth-order valence-corrected chi connectivity index (χ4v) is 2.36. The number of carbonyl (C=O) groups excluding carboxylic acids is 1. The SMILES string of the molecule is Cc1ccc2cc(C(=O)N(C)Cc3ccccc3)oc2c1. The predicted molar refractivity (Wildman–Crippen MR) is 83.2 cm³/mol. The average Bonchev–Trinajstić information content (AvgIpc) is 2.90. The van der Waals surface area contributed by atoms with Crippen LogP contribution in [0.5, 0.6) is 0 Å². The Kier molecular flexibility index (Phi) is 3.48. The Morgan fingerprint density at radius 2 is 1.86 bits per heavy atom. The van der Waals surface area contributed by atoms with E-state index in [0.717, 1.165) is 22.1 Å². The van der Waals surface area contributed by atoms with E-state index < -0.39 is 0 Å². The lowest BCUT2D eigenvalue weighted by atomic mass is 10.2. The van der Waals surface area contributed by atoms with Gasteiger partial charge in [0.25, 0.3) is 5.91 Å². The smallest absolute Gasteiger partial charge is 0.289 e. The highest BCUT2D eigenvalue weighted by Crippen LogP contribution is 2.21. The highest BCUT2D eigenvalue weighted by Gasteiger charge is 2.16. The third kappa shape index (κ3) is 2.82. The molecule has 1 amide bonds. The third-order valence-corrected chi connectivity index (χ3v) is 3.50. The Hall–Kier alpha value is -2.55. The molecule has 0 atom stereocenters. The summed E-state index contributed by atoms with van der Waals surface area (Å²) in [5, 5.41) is 0.956. The number of hydrogen-bond donors (Lipinski definition) is 0. The Morgan fingerprint density at radius 3 is 2.62 bits per heavy atom. The van der Waals surface area contributed by atoms with Crippen molar-refractivity contribution in [3.05, 3.63) is 71.5 Å². The molecular formula is C18H17NO2. The third-order valence-electron chi connectivity index (χ3n) is 3.50. The monoisotopic (exact) mass is 279 g/mol. The second-order valence-corrected chi connectivity index (χ2v) is 5.30. The molecule has 0 N–H and O–H groups in total. The van der Waals surface area contributed by atoms with Crippen LogP contribution in [0.2, 0.25) is 0 Å². The van der Waals surface area contributed by atoms with Crippen LogP contribution < -0.4 is 0 Å². The van der Waals surface area contributed by atoms with Crippen molar-refractivity contribution in [2.45, 2.75) is 13.5 Å². The van der Waals surface area contributed by atoms with Gasteiger partial charge >= 0.3 is 0 Å². The molecule has 106 valence electrons. The molecule has 0 aliphatic rings. The van der Waals surface area contributed by atoms with Crippen molar-refractivity contribution in [1.82, 2.24) is 4.90 Å². The van der Waals surface area contributed by atoms with Crippen molar-refractivity contribution in [2.24, 2.45) is 0 Å². The first kappa shape index (κ1) is 13.4. The molecular weight excluding hydrogens is 262 g/mol. The van der Waals surface area contributed by atoms with Crippen LogP contribution >= 0.6 is 0 Å². The van der Waals surface area contributed by atoms with E-state index in [9.17, 15) is 4.79 Å². The number of aryl methyl sites for hydroxylation is 1. The first-order valence-electron chi connectivity index (χ1n) is 6.93. The summed E-state index contributed by atoms with van der Waals surface area (Å²) >= 11 is 0. The standard InChI is InChI=1S/C18H17NO2/c1-13-8-9-15-11-17(21-16(15)10-13)18(20)19(2)12-14-6-4-3-5-7-14/h3-11H,12H2,1-2H3. The van der Waals surface area contributed by atoms with Gasteiger partial charge < -0.3 is 9.32 Å². The lowest BCUT2D eigenvalue weighted by molar-refractivity contribution is 0.0756. The van der Waals surface area contributed by atoms with Crippen LogP contribution in [-0.2, 0) is 6.54 Å². The molecule has 0 aliphatic heterocycles. The van der Waals surface area contributed by atoms with Gasteiger partial charge in [0.2, 0.25) is 0 Å². The molecule has 0 saturated carbocycles. The van der Waals surface area contributed by atoms with Gasteiger partial charge in [-0.3, -0.25) is 4.79 Å². The van der Waals surface area contributed by atoms with Crippen LogP contribution in [0, 0.1) is 6.92 Å². The van der Waals surface area contributed by atoms with Crippen LogP contribution in [0.4, 0.5) is 0 Å². The molecule has 0 unspecified atom stereocenters.